The number of ether oxygens (including phenoxy) is 2. The topological polar surface area (TPSA) is 38.7 Å². The molecule has 1 saturated carbocycles. The van der Waals surface area contributed by atoms with Crippen LogP contribution in [0.25, 0.3) is 0 Å². The highest BCUT2D eigenvalue weighted by atomic mass is 16.5. The molecule has 1 aliphatic heterocycles. The van der Waals surface area contributed by atoms with Gasteiger partial charge in [-0.1, -0.05) is 25.7 Å². The number of rotatable bonds is 3. The average molecular weight is 228 g/mol. The van der Waals surface area contributed by atoms with Crippen LogP contribution in [0, 0.1) is 5.92 Å². The van der Waals surface area contributed by atoms with Gasteiger partial charge in [0.25, 0.3) is 0 Å². The van der Waals surface area contributed by atoms with E-state index in [1.54, 1.807) is 0 Å². The molecule has 0 radical (unpaired) electrons. The second kappa shape index (κ2) is 6.58. The van der Waals surface area contributed by atoms with E-state index < -0.39 is 0 Å². The predicted octanol–water partition coefficient (Wildman–Crippen LogP) is 2.12. The normalized spacial score (nSPS) is 36.9. The molecule has 2 fully saturated rings. The van der Waals surface area contributed by atoms with E-state index in [9.17, 15) is 5.11 Å². The van der Waals surface area contributed by atoms with Crippen molar-refractivity contribution in [2.75, 3.05) is 19.8 Å². The lowest BCUT2D eigenvalue weighted by atomic mass is 9.96. The highest BCUT2D eigenvalue weighted by molar-refractivity contribution is 4.73. The van der Waals surface area contributed by atoms with Crippen LogP contribution >= 0.6 is 0 Å². The molecule has 1 N–H and O–H groups in total. The zero-order valence-electron chi connectivity index (χ0n) is 10.1. The lowest BCUT2D eigenvalue weighted by Crippen LogP contribution is -2.31. The molecule has 0 aromatic carbocycles. The summed E-state index contributed by atoms with van der Waals surface area (Å²) in [4.78, 5) is 0. The summed E-state index contributed by atoms with van der Waals surface area (Å²) < 4.78 is 11.2. The van der Waals surface area contributed by atoms with Gasteiger partial charge < -0.3 is 14.6 Å². The molecule has 0 aromatic heterocycles. The van der Waals surface area contributed by atoms with Gasteiger partial charge in [-0.05, 0) is 19.3 Å². The summed E-state index contributed by atoms with van der Waals surface area (Å²) in [6.07, 6.45) is 7.77. The van der Waals surface area contributed by atoms with Crippen LogP contribution in [0.5, 0.6) is 0 Å². The largest absolute Gasteiger partial charge is 0.390 e. The zero-order chi connectivity index (χ0) is 11.2. The van der Waals surface area contributed by atoms with E-state index >= 15 is 0 Å². The Bertz CT molecular complexity index is 190. The fourth-order valence-electron chi connectivity index (χ4n) is 2.60. The van der Waals surface area contributed by atoms with Gasteiger partial charge in [-0.2, -0.15) is 0 Å². The zero-order valence-corrected chi connectivity index (χ0v) is 10.1. The van der Waals surface area contributed by atoms with Crippen LogP contribution in [0.2, 0.25) is 0 Å². The van der Waals surface area contributed by atoms with Crippen molar-refractivity contribution in [2.45, 2.75) is 57.2 Å². The Morgan fingerprint density at radius 2 is 1.88 bits per heavy atom. The van der Waals surface area contributed by atoms with Gasteiger partial charge in [-0.15, -0.1) is 0 Å². The molecule has 0 amide bonds. The van der Waals surface area contributed by atoms with Crippen molar-refractivity contribution >= 4 is 0 Å². The minimum Gasteiger partial charge on any atom is -0.390 e. The number of hydrogen-bond acceptors (Lipinski definition) is 3. The molecular formula is C13H24O3. The van der Waals surface area contributed by atoms with E-state index in [4.69, 9.17) is 9.47 Å². The van der Waals surface area contributed by atoms with Crippen LogP contribution in [0.4, 0.5) is 0 Å². The monoisotopic (exact) mass is 228 g/mol. The van der Waals surface area contributed by atoms with Gasteiger partial charge >= 0.3 is 0 Å². The lowest BCUT2D eigenvalue weighted by Gasteiger charge is -2.26. The first kappa shape index (κ1) is 12.3. The quantitative estimate of drug-likeness (QED) is 0.804. The molecule has 1 saturated heterocycles. The maximum Gasteiger partial charge on any atom is 0.0834 e. The first-order valence-electron chi connectivity index (χ1n) is 6.73. The van der Waals surface area contributed by atoms with Gasteiger partial charge in [-0.25, -0.2) is 0 Å². The van der Waals surface area contributed by atoms with Gasteiger partial charge in [0, 0.05) is 12.5 Å². The molecule has 3 unspecified atom stereocenters. The highest BCUT2D eigenvalue weighted by Crippen LogP contribution is 2.22. The molecule has 0 bridgehead atoms. The number of aliphatic hydroxyl groups excluding tert-OH is 1. The van der Waals surface area contributed by atoms with E-state index in [-0.39, 0.29) is 12.2 Å². The van der Waals surface area contributed by atoms with E-state index in [0.717, 1.165) is 45.5 Å². The molecule has 1 heterocycles. The van der Waals surface area contributed by atoms with Crippen molar-refractivity contribution in [1.29, 1.82) is 0 Å². The van der Waals surface area contributed by atoms with E-state index in [1.165, 1.54) is 19.3 Å². The summed E-state index contributed by atoms with van der Waals surface area (Å²) in [7, 11) is 0. The molecule has 0 aromatic rings. The van der Waals surface area contributed by atoms with Crippen molar-refractivity contribution in [1.82, 2.24) is 0 Å². The van der Waals surface area contributed by atoms with Crippen LogP contribution in [-0.2, 0) is 9.47 Å². The summed E-state index contributed by atoms with van der Waals surface area (Å²) in [6, 6.07) is 0. The maximum absolute atomic E-state index is 9.99. The van der Waals surface area contributed by atoms with E-state index in [1.807, 2.05) is 0 Å². The molecule has 2 aliphatic rings. The minimum atomic E-state index is -0.248. The number of hydrogen-bond donors (Lipinski definition) is 1. The predicted molar refractivity (Wildman–Crippen MR) is 62.4 cm³/mol. The molecule has 0 spiro atoms. The van der Waals surface area contributed by atoms with Gasteiger partial charge in [0.1, 0.15) is 0 Å². The maximum atomic E-state index is 9.99. The van der Waals surface area contributed by atoms with Crippen LogP contribution in [0.1, 0.15) is 44.9 Å². The summed E-state index contributed by atoms with van der Waals surface area (Å²) in [5, 5.41) is 9.99. The SMILES string of the molecule is OC1CCCCCCC1OCC1CCOC1. The fraction of sp³-hybridized carbons (Fsp3) is 1.00. The van der Waals surface area contributed by atoms with Gasteiger partial charge in [-0.3, -0.25) is 0 Å². The van der Waals surface area contributed by atoms with E-state index in [2.05, 4.69) is 0 Å². The van der Waals surface area contributed by atoms with Crippen LogP contribution in [-0.4, -0.2) is 37.1 Å². The van der Waals surface area contributed by atoms with Crippen molar-refractivity contribution in [3.8, 4) is 0 Å². The van der Waals surface area contributed by atoms with Crippen molar-refractivity contribution < 1.29 is 14.6 Å². The van der Waals surface area contributed by atoms with E-state index in [0.29, 0.717) is 5.92 Å². The van der Waals surface area contributed by atoms with Crippen LogP contribution in [0.3, 0.4) is 0 Å². The van der Waals surface area contributed by atoms with Gasteiger partial charge in [0.2, 0.25) is 0 Å². The molecule has 16 heavy (non-hydrogen) atoms. The van der Waals surface area contributed by atoms with Gasteiger partial charge in [0.05, 0.1) is 25.4 Å². The third-order valence-electron chi connectivity index (χ3n) is 3.74. The van der Waals surface area contributed by atoms with Gasteiger partial charge in [0.15, 0.2) is 0 Å². The minimum absolute atomic E-state index is 0.0703. The molecule has 3 heteroatoms. The molecule has 2 rings (SSSR count). The standard InChI is InChI=1S/C13H24O3/c14-12-5-3-1-2-4-6-13(12)16-10-11-7-8-15-9-11/h11-14H,1-10H2. The number of aliphatic hydroxyl groups is 1. The Morgan fingerprint density at radius 1 is 1.06 bits per heavy atom. The first-order chi connectivity index (χ1) is 7.86. The molecule has 3 atom stereocenters. The van der Waals surface area contributed by atoms with Crippen molar-refractivity contribution in [3.63, 3.8) is 0 Å². The summed E-state index contributed by atoms with van der Waals surface area (Å²) in [5.41, 5.74) is 0. The highest BCUT2D eigenvalue weighted by Gasteiger charge is 2.23. The Kier molecular flexibility index (Phi) is 5.07. The molecule has 1 aliphatic carbocycles. The first-order valence-corrected chi connectivity index (χ1v) is 6.73. The molecular weight excluding hydrogens is 204 g/mol. The van der Waals surface area contributed by atoms with Crippen molar-refractivity contribution in [3.05, 3.63) is 0 Å². The van der Waals surface area contributed by atoms with Crippen LogP contribution in [0.15, 0.2) is 0 Å². The van der Waals surface area contributed by atoms with Crippen LogP contribution < -0.4 is 0 Å². The smallest absolute Gasteiger partial charge is 0.0834 e. The second-order valence-corrected chi connectivity index (χ2v) is 5.16. The molecule has 94 valence electrons. The third-order valence-corrected chi connectivity index (χ3v) is 3.74. The Morgan fingerprint density at radius 3 is 2.62 bits per heavy atom. The molecule has 3 nitrogen and oxygen atoms in total. The summed E-state index contributed by atoms with van der Waals surface area (Å²) >= 11 is 0. The third kappa shape index (κ3) is 3.72. The summed E-state index contributed by atoms with van der Waals surface area (Å²) in [6.45, 7) is 2.48. The Balaban J connectivity index is 1.71. The average Bonchev–Trinajstić information content (AvgIpc) is 2.76. The lowest BCUT2D eigenvalue weighted by molar-refractivity contribution is -0.0606. The summed E-state index contributed by atoms with van der Waals surface area (Å²) in [5.74, 6) is 0.553. The Labute approximate surface area is 98.1 Å². The fourth-order valence-corrected chi connectivity index (χ4v) is 2.60. The Hall–Kier alpha value is -0.120. The van der Waals surface area contributed by atoms with Crippen molar-refractivity contribution in [2.24, 2.45) is 5.92 Å². The second-order valence-electron chi connectivity index (χ2n) is 5.16.